The molecule has 8 heteroatoms. The zero-order chi connectivity index (χ0) is 21.5. The Morgan fingerprint density at radius 1 is 1.33 bits per heavy atom. The summed E-state index contributed by atoms with van der Waals surface area (Å²) >= 11 is 1.33. The van der Waals surface area contributed by atoms with Crippen molar-refractivity contribution in [3.63, 3.8) is 0 Å². The summed E-state index contributed by atoms with van der Waals surface area (Å²) in [6.07, 6.45) is 3.36. The van der Waals surface area contributed by atoms with Crippen LogP contribution in [0.3, 0.4) is 0 Å². The van der Waals surface area contributed by atoms with Crippen LogP contribution in [0, 0.1) is 11.3 Å². The summed E-state index contributed by atoms with van der Waals surface area (Å²) in [5.74, 6) is 0.354. The van der Waals surface area contributed by atoms with Gasteiger partial charge in [-0.05, 0) is 36.6 Å². The van der Waals surface area contributed by atoms with E-state index in [0.29, 0.717) is 48.0 Å². The SMILES string of the molecule is CCCCCOc1cccc(C(=O)Nc2sc3c(c2C#N)CCN(C(=O)OC)C3)c1. The monoisotopic (exact) mass is 427 g/mol. The third-order valence-electron chi connectivity index (χ3n) is 4.94. The van der Waals surface area contributed by atoms with Crippen molar-refractivity contribution in [1.82, 2.24) is 4.90 Å². The Labute approximate surface area is 180 Å². The normalized spacial score (nSPS) is 12.6. The summed E-state index contributed by atoms with van der Waals surface area (Å²) in [5, 5.41) is 13.0. The number of carbonyl (C=O) groups is 2. The fourth-order valence-electron chi connectivity index (χ4n) is 3.34. The number of carbonyl (C=O) groups excluding carboxylic acids is 2. The van der Waals surface area contributed by atoms with E-state index in [1.54, 1.807) is 23.1 Å². The highest BCUT2D eigenvalue weighted by atomic mass is 32.1. The molecule has 0 saturated heterocycles. The molecule has 30 heavy (non-hydrogen) atoms. The van der Waals surface area contributed by atoms with Crippen molar-refractivity contribution >= 4 is 28.3 Å². The van der Waals surface area contributed by atoms with Crippen molar-refractivity contribution < 1.29 is 19.1 Å². The second kappa shape index (κ2) is 10.1. The Bertz CT molecular complexity index is 964. The van der Waals surface area contributed by atoms with Gasteiger partial charge in [-0.25, -0.2) is 4.79 Å². The van der Waals surface area contributed by atoms with E-state index in [0.717, 1.165) is 29.7 Å². The first-order valence-electron chi connectivity index (χ1n) is 9.99. The smallest absolute Gasteiger partial charge is 0.409 e. The Kier molecular flexibility index (Phi) is 7.31. The van der Waals surface area contributed by atoms with Gasteiger partial charge in [0.1, 0.15) is 16.8 Å². The Morgan fingerprint density at radius 3 is 2.90 bits per heavy atom. The van der Waals surface area contributed by atoms with Crippen molar-refractivity contribution in [2.75, 3.05) is 25.6 Å². The Balaban J connectivity index is 1.72. The maximum absolute atomic E-state index is 12.8. The molecular formula is C22H25N3O4S. The van der Waals surface area contributed by atoms with Crippen molar-refractivity contribution in [3.8, 4) is 11.8 Å². The molecule has 158 valence electrons. The standard InChI is InChI=1S/C22H25N3O4S/c1-3-4-5-11-29-16-8-6-7-15(12-16)20(26)24-21-18(13-23)17-9-10-25(22(27)28-2)14-19(17)30-21/h6-8,12H,3-5,9-11,14H2,1-2H3,(H,24,26). The molecule has 0 aliphatic carbocycles. The number of nitrogens with zero attached hydrogens (tertiary/aromatic N) is 2. The molecule has 0 radical (unpaired) electrons. The third kappa shape index (κ3) is 4.92. The van der Waals surface area contributed by atoms with Gasteiger partial charge in [0.15, 0.2) is 0 Å². The van der Waals surface area contributed by atoms with Crippen LogP contribution in [0.2, 0.25) is 0 Å². The number of fused-ring (bicyclic) bond motifs is 1. The number of thiophene rings is 1. The number of nitrogens with one attached hydrogen (secondary N) is 1. The molecule has 0 saturated carbocycles. The summed E-state index contributed by atoms with van der Waals surface area (Å²) in [6, 6.07) is 9.24. The van der Waals surface area contributed by atoms with Crippen LogP contribution >= 0.6 is 11.3 Å². The predicted molar refractivity (Wildman–Crippen MR) is 115 cm³/mol. The Morgan fingerprint density at radius 2 is 2.17 bits per heavy atom. The van der Waals surface area contributed by atoms with Crippen molar-refractivity contribution in [3.05, 3.63) is 45.8 Å². The molecule has 1 aromatic heterocycles. The first kappa shape index (κ1) is 21.7. The molecule has 0 atom stereocenters. The lowest BCUT2D eigenvalue weighted by molar-refractivity contribution is 0.102. The van der Waals surface area contributed by atoms with E-state index in [4.69, 9.17) is 9.47 Å². The van der Waals surface area contributed by atoms with Crippen molar-refractivity contribution in [1.29, 1.82) is 5.26 Å². The van der Waals surface area contributed by atoms with Crippen LogP contribution in [-0.4, -0.2) is 37.2 Å². The van der Waals surface area contributed by atoms with E-state index >= 15 is 0 Å². The van der Waals surface area contributed by atoms with Gasteiger partial charge in [-0.1, -0.05) is 25.8 Å². The molecule has 2 aromatic rings. The fourth-order valence-corrected chi connectivity index (χ4v) is 4.55. The average Bonchev–Trinajstić information content (AvgIpc) is 3.12. The lowest BCUT2D eigenvalue weighted by Gasteiger charge is -2.25. The highest BCUT2D eigenvalue weighted by Crippen LogP contribution is 2.37. The van der Waals surface area contributed by atoms with Crippen LogP contribution in [0.15, 0.2) is 24.3 Å². The van der Waals surface area contributed by atoms with Gasteiger partial charge in [0.25, 0.3) is 5.91 Å². The molecule has 1 N–H and O–H groups in total. The first-order chi connectivity index (χ1) is 14.6. The predicted octanol–water partition coefficient (Wildman–Crippen LogP) is 4.57. The zero-order valence-corrected chi connectivity index (χ0v) is 18.0. The van der Waals surface area contributed by atoms with Crippen LogP contribution in [0.5, 0.6) is 5.75 Å². The van der Waals surface area contributed by atoms with Gasteiger partial charge >= 0.3 is 6.09 Å². The molecular weight excluding hydrogens is 402 g/mol. The summed E-state index contributed by atoms with van der Waals surface area (Å²) in [6.45, 7) is 3.61. The van der Waals surface area contributed by atoms with E-state index in [9.17, 15) is 14.9 Å². The molecule has 2 heterocycles. The number of methoxy groups -OCH3 is 1. The number of hydrogen-bond donors (Lipinski definition) is 1. The number of amides is 2. The second-order valence-corrected chi connectivity index (χ2v) is 8.10. The molecule has 2 amide bonds. The topological polar surface area (TPSA) is 91.7 Å². The van der Waals surface area contributed by atoms with Gasteiger partial charge in [0, 0.05) is 17.0 Å². The van der Waals surface area contributed by atoms with Crippen molar-refractivity contribution in [2.45, 2.75) is 39.2 Å². The van der Waals surface area contributed by atoms with Crippen LogP contribution in [0.1, 0.15) is 52.5 Å². The highest BCUT2D eigenvalue weighted by Gasteiger charge is 2.28. The van der Waals surface area contributed by atoms with E-state index in [-0.39, 0.29) is 5.91 Å². The first-order valence-corrected chi connectivity index (χ1v) is 10.8. The minimum Gasteiger partial charge on any atom is -0.494 e. The molecule has 7 nitrogen and oxygen atoms in total. The summed E-state index contributed by atoms with van der Waals surface area (Å²) in [4.78, 5) is 27.1. The van der Waals surface area contributed by atoms with E-state index in [2.05, 4.69) is 18.3 Å². The number of rotatable bonds is 7. The van der Waals surface area contributed by atoms with E-state index < -0.39 is 6.09 Å². The summed E-state index contributed by atoms with van der Waals surface area (Å²) in [5.41, 5.74) is 1.83. The Hall–Kier alpha value is -3.05. The number of ether oxygens (including phenoxy) is 2. The van der Waals surface area contributed by atoms with Crippen LogP contribution in [-0.2, 0) is 17.7 Å². The van der Waals surface area contributed by atoms with E-state index in [1.165, 1.54) is 18.4 Å². The quantitative estimate of drug-likeness (QED) is 0.654. The maximum Gasteiger partial charge on any atom is 0.409 e. The molecule has 3 rings (SSSR count). The number of benzene rings is 1. The number of unbranched alkanes of at least 4 members (excludes halogenated alkanes) is 2. The number of nitriles is 1. The molecule has 1 aromatic carbocycles. The largest absolute Gasteiger partial charge is 0.494 e. The summed E-state index contributed by atoms with van der Waals surface area (Å²) in [7, 11) is 1.35. The minimum absolute atomic E-state index is 0.297. The fraction of sp³-hybridized carbons (Fsp3) is 0.409. The van der Waals surface area contributed by atoms with Gasteiger partial charge in [0.05, 0.1) is 25.8 Å². The zero-order valence-electron chi connectivity index (χ0n) is 17.2. The number of hydrogen-bond acceptors (Lipinski definition) is 6. The average molecular weight is 428 g/mol. The van der Waals surface area contributed by atoms with Gasteiger partial charge in [-0.15, -0.1) is 11.3 Å². The lowest BCUT2D eigenvalue weighted by Crippen LogP contribution is -2.35. The van der Waals surface area contributed by atoms with Gasteiger partial charge in [-0.3, -0.25) is 4.79 Å². The van der Waals surface area contributed by atoms with Gasteiger partial charge < -0.3 is 19.7 Å². The van der Waals surface area contributed by atoms with Crippen LogP contribution < -0.4 is 10.1 Å². The molecule has 0 spiro atoms. The van der Waals surface area contributed by atoms with Gasteiger partial charge in [0.2, 0.25) is 0 Å². The molecule has 0 bridgehead atoms. The van der Waals surface area contributed by atoms with Gasteiger partial charge in [-0.2, -0.15) is 5.26 Å². The highest BCUT2D eigenvalue weighted by molar-refractivity contribution is 7.16. The molecule has 1 aliphatic rings. The summed E-state index contributed by atoms with van der Waals surface area (Å²) < 4.78 is 10.5. The van der Waals surface area contributed by atoms with Crippen LogP contribution in [0.25, 0.3) is 0 Å². The van der Waals surface area contributed by atoms with Crippen molar-refractivity contribution in [2.24, 2.45) is 0 Å². The number of anilines is 1. The molecule has 0 fully saturated rings. The minimum atomic E-state index is -0.395. The molecule has 0 unspecified atom stereocenters. The third-order valence-corrected chi connectivity index (χ3v) is 6.07. The second-order valence-electron chi connectivity index (χ2n) is 7.00. The maximum atomic E-state index is 12.8. The molecule has 1 aliphatic heterocycles. The lowest BCUT2D eigenvalue weighted by atomic mass is 10.0. The van der Waals surface area contributed by atoms with Crippen LogP contribution in [0.4, 0.5) is 9.80 Å². The van der Waals surface area contributed by atoms with E-state index in [1.807, 2.05) is 6.07 Å².